The van der Waals surface area contributed by atoms with Gasteiger partial charge in [0.05, 0.1) is 35.8 Å². The molecule has 1 spiro atoms. The average Bonchev–Trinajstić information content (AvgIpc) is 3.42. The number of benzene rings is 3. The predicted octanol–water partition coefficient (Wildman–Crippen LogP) is 5.38. The molecule has 3 aromatic rings. The van der Waals surface area contributed by atoms with Crippen molar-refractivity contribution in [3.63, 3.8) is 0 Å². The zero-order valence-electron chi connectivity index (χ0n) is 24.3. The molecule has 0 radical (unpaired) electrons. The van der Waals surface area contributed by atoms with Gasteiger partial charge in [-0.05, 0) is 48.8 Å². The number of hydrogen-bond donors (Lipinski definition) is 1. The molecule has 6 rings (SSSR count). The van der Waals surface area contributed by atoms with Crippen molar-refractivity contribution in [1.29, 1.82) is 0 Å². The van der Waals surface area contributed by atoms with E-state index in [9.17, 15) is 24.8 Å². The summed E-state index contributed by atoms with van der Waals surface area (Å²) in [6.07, 6.45) is -0.630. The number of nitro groups is 1. The number of carbonyl (C=O) groups excluding carboxylic acids is 2. The lowest BCUT2D eigenvalue weighted by Crippen LogP contribution is -2.48. The fourth-order valence-corrected chi connectivity index (χ4v) is 9.93. The lowest BCUT2D eigenvalue weighted by atomic mass is 9.82. The van der Waals surface area contributed by atoms with Gasteiger partial charge < -0.3 is 18.9 Å². The number of non-ortho nitro benzene ring substituents is 1. The average molecular weight is 604 g/mol. The van der Waals surface area contributed by atoms with E-state index in [-0.39, 0.29) is 24.6 Å². The van der Waals surface area contributed by atoms with E-state index in [4.69, 9.17) is 4.74 Å². The van der Waals surface area contributed by atoms with Crippen LogP contribution < -0.4 is 4.90 Å². The number of rotatable bonds is 6. The summed E-state index contributed by atoms with van der Waals surface area (Å²) < 4.78 is 22.9. The molecule has 1 saturated heterocycles. The molecule has 0 saturated carbocycles. The summed E-state index contributed by atoms with van der Waals surface area (Å²) in [5.41, 5.74) is 0.679. The third-order valence-corrected chi connectivity index (χ3v) is 11.8. The summed E-state index contributed by atoms with van der Waals surface area (Å²) in [6.45, 7) is 4.94. The minimum atomic E-state index is -3.58. The molecule has 1 fully saturated rings. The standard InChI is InChI=1S/C32H34FN3O6Si/c1-20-30(43(2,3)33)28(17-29(38)34-18-22-10-8-7-9-21(22)15-25(34)19-37)42-32(20)26-16-24(36(40)41)13-14-27(26)35(31(32)39)23-11-5-4-6-12-23/h4-14,16,20,25,28,30,37H,15,17-19H2,1-3H3/t20-,25+,28+,30-,32+/m1/s1. The lowest BCUT2D eigenvalue weighted by Gasteiger charge is -2.37. The topological polar surface area (TPSA) is 113 Å². The molecule has 5 atom stereocenters. The Balaban J connectivity index is 1.41. The van der Waals surface area contributed by atoms with Gasteiger partial charge in [-0.15, -0.1) is 0 Å². The van der Waals surface area contributed by atoms with E-state index in [1.165, 1.54) is 23.1 Å². The lowest BCUT2D eigenvalue weighted by molar-refractivity contribution is -0.385. The fraction of sp³-hybridized carbons (Fsp3) is 0.375. The second kappa shape index (κ2) is 10.7. The predicted molar refractivity (Wildman–Crippen MR) is 161 cm³/mol. The molecule has 0 unspecified atom stereocenters. The number of fused-ring (bicyclic) bond motifs is 3. The number of aliphatic hydroxyl groups is 1. The quantitative estimate of drug-likeness (QED) is 0.175. The van der Waals surface area contributed by atoms with Crippen LogP contribution in [0.25, 0.3) is 0 Å². The molecular weight excluding hydrogens is 569 g/mol. The molecule has 3 aliphatic rings. The fourth-order valence-electron chi connectivity index (χ4n) is 7.44. The second-order valence-corrected chi connectivity index (χ2v) is 16.0. The van der Waals surface area contributed by atoms with Gasteiger partial charge in [0.1, 0.15) is 0 Å². The maximum Gasteiger partial charge on any atom is 0.269 e. The van der Waals surface area contributed by atoms with E-state index < -0.39 is 48.4 Å². The molecule has 11 heteroatoms. The van der Waals surface area contributed by atoms with Crippen molar-refractivity contribution in [3.05, 3.63) is 99.6 Å². The molecule has 2 amide bonds. The molecule has 9 nitrogen and oxygen atoms in total. The number of para-hydroxylation sites is 1. The van der Waals surface area contributed by atoms with Gasteiger partial charge in [-0.3, -0.25) is 24.6 Å². The van der Waals surface area contributed by atoms with Crippen LogP contribution in [0.3, 0.4) is 0 Å². The van der Waals surface area contributed by atoms with Crippen LogP contribution in [0.2, 0.25) is 18.6 Å². The monoisotopic (exact) mass is 603 g/mol. The first kappa shape index (κ1) is 29.2. The molecule has 3 aliphatic heterocycles. The number of hydrogen-bond acceptors (Lipinski definition) is 6. The van der Waals surface area contributed by atoms with Crippen LogP contribution in [0.5, 0.6) is 0 Å². The number of anilines is 2. The van der Waals surface area contributed by atoms with Crippen LogP contribution >= 0.6 is 0 Å². The van der Waals surface area contributed by atoms with E-state index in [2.05, 4.69) is 0 Å². The van der Waals surface area contributed by atoms with Crippen LogP contribution in [0.4, 0.5) is 21.2 Å². The number of halogens is 1. The largest absolute Gasteiger partial charge is 0.394 e. The molecule has 224 valence electrons. The SMILES string of the molecule is C[C@@H]1[C@@H]([Si](C)(C)F)[C@H](CC(=O)N2Cc3ccccc3C[C@H]2CO)O[C@@]12C(=O)N(c1ccccc1)c1ccc([N+](=O)[O-])cc12. The zero-order chi connectivity index (χ0) is 30.7. The van der Waals surface area contributed by atoms with Crippen molar-refractivity contribution in [3.8, 4) is 0 Å². The maximum absolute atomic E-state index is 16.3. The summed E-state index contributed by atoms with van der Waals surface area (Å²) in [7, 11) is -3.58. The Kier molecular flexibility index (Phi) is 7.22. The number of carbonyl (C=O) groups is 2. The molecule has 0 aliphatic carbocycles. The summed E-state index contributed by atoms with van der Waals surface area (Å²) in [4.78, 5) is 42.8. The van der Waals surface area contributed by atoms with Crippen molar-refractivity contribution in [1.82, 2.24) is 4.90 Å². The van der Waals surface area contributed by atoms with Crippen LogP contribution in [-0.4, -0.2) is 53.9 Å². The highest BCUT2D eigenvalue weighted by Gasteiger charge is 2.67. The molecule has 3 aromatic carbocycles. The number of amides is 2. The highest BCUT2D eigenvalue weighted by Crippen LogP contribution is 2.61. The number of aliphatic hydroxyl groups excluding tert-OH is 1. The van der Waals surface area contributed by atoms with E-state index in [1.54, 1.807) is 49.2 Å². The first-order valence-electron chi connectivity index (χ1n) is 14.5. The minimum absolute atomic E-state index is 0.182. The van der Waals surface area contributed by atoms with Crippen molar-refractivity contribution in [2.75, 3.05) is 11.5 Å². The molecule has 3 heterocycles. The van der Waals surface area contributed by atoms with Crippen molar-refractivity contribution < 1.29 is 28.5 Å². The molecule has 1 N–H and O–H groups in total. The van der Waals surface area contributed by atoms with Crippen molar-refractivity contribution >= 4 is 37.3 Å². The number of nitro benzene ring substituents is 1. The first-order valence-corrected chi connectivity index (χ1v) is 17.4. The summed E-state index contributed by atoms with van der Waals surface area (Å²) in [6, 6.07) is 20.5. The second-order valence-electron chi connectivity index (χ2n) is 12.2. The Hall–Kier alpha value is -3.93. The van der Waals surface area contributed by atoms with Crippen molar-refractivity contribution in [2.45, 2.75) is 62.7 Å². The summed E-state index contributed by atoms with van der Waals surface area (Å²) >= 11 is 0. The zero-order valence-corrected chi connectivity index (χ0v) is 25.3. The summed E-state index contributed by atoms with van der Waals surface area (Å²) in [5.74, 6) is -1.47. The highest BCUT2D eigenvalue weighted by atomic mass is 28.4. The van der Waals surface area contributed by atoms with Crippen LogP contribution in [0.15, 0.2) is 72.8 Å². The summed E-state index contributed by atoms with van der Waals surface area (Å²) in [5, 5.41) is 22.0. The van der Waals surface area contributed by atoms with Gasteiger partial charge in [-0.2, -0.15) is 0 Å². The first-order chi connectivity index (χ1) is 20.5. The van der Waals surface area contributed by atoms with Crippen molar-refractivity contribution in [2.24, 2.45) is 5.92 Å². The van der Waals surface area contributed by atoms with Gasteiger partial charge in [0.25, 0.3) is 11.6 Å². The van der Waals surface area contributed by atoms with Gasteiger partial charge in [0, 0.05) is 41.4 Å². The number of nitrogens with zero attached hydrogens (tertiary/aromatic N) is 3. The van der Waals surface area contributed by atoms with E-state index in [1.807, 2.05) is 30.3 Å². The van der Waals surface area contributed by atoms with E-state index >= 15 is 4.11 Å². The Bertz CT molecular complexity index is 1600. The molecule has 0 aromatic heterocycles. The van der Waals surface area contributed by atoms with Crippen LogP contribution in [-0.2, 0) is 32.9 Å². The van der Waals surface area contributed by atoms with E-state index in [0.717, 1.165) is 11.1 Å². The van der Waals surface area contributed by atoms with Gasteiger partial charge in [-0.25, -0.2) is 0 Å². The van der Waals surface area contributed by atoms with Crippen LogP contribution in [0, 0.1) is 16.0 Å². The normalized spacial score (nSPS) is 26.5. The van der Waals surface area contributed by atoms with Gasteiger partial charge in [-0.1, -0.05) is 49.4 Å². The third-order valence-electron chi connectivity index (χ3n) is 9.34. The van der Waals surface area contributed by atoms with Gasteiger partial charge >= 0.3 is 0 Å². The number of ether oxygens (including phenoxy) is 1. The highest BCUT2D eigenvalue weighted by molar-refractivity contribution is 6.72. The molecule has 0 bridgehead atoms. The Morgan fingerprint density at radius 3 is 2.44 bits per heavy atom. The van der Waals surface area contributed by atoms with Crippen LogP contribution in [0.1, 0.15) is 30.0 Å². The third kappa shape index (κ3) is 4.66. The van der Waals surface area contributed by atoms with Gasteiger partial charge in [0.2, 0.25) is 14.3 Å². The smallest absolute Gasteiger partial charge is 0.269 e. The Morgan fingerprint density at radius 2 is 1.79 bits per heavy atom. The van der Waals surface area contributed by atoms with Gasteiger partial charge in [0.15, 0.2) is 5.60 Å². The molecular formula is C32H34FN3O6Si. The Morgan fingerprint density at radius 1 is 1.12 bits per heavy atom. The maximum atomic E-state index is 16.3. The minimum Gasteiger partial charge on any atom is -0.394 e. The van der Waals surface area contributed by atoms with E-state index in [0.29, 0.717) is 29.9 Å². The Labute approximate surface area is 250 Å². The molecule has 43 heavy (non-hydrogen) atoms.